The monoisotopic (exact) mass is 279 g/mol. The van der Waals surface area contributed by atoms with Gasteiger partial charge in [-0.15, -0.1) is 0 Å². The first kappa shape index (κ1) is 16.9. The Kier molecular flexibility index (Phi) is 7.52. The summed E-state index contributed by atoms with van der Waals surface area (Å²) in [6.45, 7) is 13.2. The van der Waals surface area contributed by atoms with Crippen molar-refractivity contribution in [1.29, 1.82) is 0 Å². The molecule has 0 fully saturated rings. The second-order valence-corrected chi connectivity index (χ2v) is 5.92. The van der Waals surface area contributed by atoms with Crippen molar-refractivity contribution in [2.24, 2.45) is 5.92 Å². The van der Waals surface area contributed by atoms with Gasteiger partial charge in [-0.2, -0.15) is 0 Å². The van der Waals surface area contributed by atoms with E-state index in [0.717, 1.165) is 49.8 Å². The van der Waals surface area contributed by atoms with Gasteiger partial charge in [0.1, 0.15) is 5.82 Å². The molecule has 0 amide bonds. The minimum Gasteiger partial charge on any atom is -0.490 e. The molecule has 0 aromatic carbocycles. The lowest BCUT2D eigenvalue weighted by atomic mass is 10.2. The molecule has 0 unspecified atom stereocenters. The first-order valence-electron chi connectivity index (χ1n) is 7.73. The Balaban J connectivity index is 2.74. The predicted molar refractivity (Wildman–Crippen MR) is 83.1 cm³/mol. The minimum absolute atomic E-state index is 0.337. The zero-order chi connectivity index (χ0) is 15.0. The van der Waals surface area contributed by atoms with Gasteiger partial charge in [-0.05, 0) is 18.9 Å². The molecule has 4 heteroatoms. The lowest BCUT2D eigenvalue weighted by Gasteiger charge is -2.14. The minimum atomic E-state index is 0.337. The smallest absolute Gasteiger partial charge is 0.160 e. The van der Waals surface area contributed by atoms with Crippen molar-refractivity contribution >= 4 is 0 Å². The lowest BCUT2D eigenvalue weighted by Crippen LogP contribution is -2.21. The van der Waals surface area contributed by atoms with E-state index in [9.17, 15) is 0 Å². The summed E-state index contributed by atoms with van der Waals surface area (Å²) in [5.41, 5.74) is 0.973. The molecule has 20 heavy (non-hydrogen) atoms. The largest absolute Gasteiger partial charge is 0.490 e. The third-order valence-electron chi connectivity index (χ3n) is 2.96. The van der Waals surface area contributed by atoms with Gasteiger partial charge in [0.2, 0.25) is 0 Å². The number of ether oxygens (including phenoxy) is 1. The van der Waals surface area contributed by atoms with Crippen LogP contribution in [0.1, 0.15) is 64.9 Å². The molecule has 0 aliphatic rings. The van der Waals surface area contributed by atoms with E-state index in [1.165, 1.54) is 0 Å². The second-order valence-electron chi connectivity index (χ2n) is 5.92. The third kappa shape index (κ3) is 5.87. The highest BCUT2D eigenvalue weighted by molar-refractivity contribution is 5.25. The summed E-state index contributed by atoms with van der Waals surface area (Å²) < 4.78 is 5.80. The first-order valence-corrected chi connectivity index (χ1v) is 7.73. The molecule has 0 bridgehead atoms. The van der Waals surface area contributed by atoms with Gasteiger partial charge in [0.25, 0.3) is 0 Å². The number of unbranched alkanes of at least 4 members (excludes halogenated alkanes) is 1. The number of nitrogens with one attached hydrogen (secondary N) is 1. The standard InChI is InChI=1S/C16H29N3O/c1-6-7-8-20-15-11-18-16(13(4)5)19-14(15)10-17-9-12(2)3/h11-13,17H,6-10H2,1-5H3. The summed E-state index contributed by atoms with van der Waals surface area (Å²) in [6.07, 6.45) is 4.01. The predicted octanol–water partition coefficient (Wildman–Crippen LogP) is 3.52. The van der Waals surface area contributed by atoms with Crippen LogP contribution in [-0.2, 0) is 6.54 Å². The van der Waals surface area contributed by atoms with Crippen LogP contribution in [0.2, 0.25) is 0 Å². The van der Waals surface area contributed by atoms with Crippen LogP contribution in [0, 0.1) is 5.92 Å². The summed E-state index contributed by atoms with van der Waals surface area (Å²) in [7, 11) is 0. The molecule has 0 saturated heterocycles. The molecule has 0 spiro atoms. The van der Waals surface area contributed by atoms with E-state index in [4.69, 9.17) is 4.74 Å². The molecule has 1 N–H and O–H groups in total. The average molecular weight is 279 g/mol. The number of rotatable bonds is 9. The first-order chi connectivity index (χ1) is 9.54. The summed E-state index contributed by atoms with van der Waals surface area (Å²) >= 11 is 0. The van der Waals surface area contributed by atoms with Crippen molar-refractivity contribution < 1.29 is 4.74 Å². The molecule has 0 saturated carbocycles. The molecular weight excluding hydrogens is 250 g/mol. The number of aromatic nitrogens is 2. The zero-order valence-electron chi connectivity index (χ0n) is 13.6. The van der Waals surface area contributed by atoms with Gasteiger partial charge in [-0.1, -0.05) is 41.0 Å². The van der Waals surface area contributed by atoms with Crippen LogP contribution < -0.4 is 10.1 Å². The van der Waals surface area contributed by atoms with E-state index in [1.807, 2.05) is 6.20 Å². The van der Waals surface area contributed by atoms with Crippen molar-refractivity contribution in [3.05, 3.63) is 17.7 Å². The molecule has 0 aliphatic carbocycles. The molecule has 1 rings (SSSR count). The molecule has 0 atom stereocenters. The van der Waals surface area contributed by atoms with E-state index in [-0.39, 0.29) is 0 Å². The molecule has 0 radical (unpaired) electrons. The van der Waals surface area contributed by atoms with Gasteiger partial charge in [-0.25, -0.2) is 9.97 Å². The van der Waals surface area contributed by atoms with Crippen molar-refractivity contribution in [3.63, 3.8) is 0 Å². The van der Waals surface area contributed by atoms with Gasteiger partial charge in [-0.3, -0.25) is 0 Å². The lowest BCUT2D eigenvalue weighted by molar-refractivity contribution is 0.301. The zero-order valence-corrected chi connectivity index (χ0v) is 13.6. The van der Waals surface area contributed by atoms with Crippen LogP contribution in [-0.4, -0.2) is 23.1 Å². The van der Waals surface area contributed by atoms with E-state index in [2.05, 4.69) is 49.9 Å². The molecule has 4 nitrogen and oxygen atoms in total. The highest BCUT2D eigenvalue weighted by atomic mass is 16.5. The van der Waals surface area contributed by atoms with Gasteiger partial charge in [0.05, 0.1) is 18.5 Å². The van der Waals surface area contributed by atoms with Crippen LogP contribution in [0.4, 0.5) is 0 Å². The Bertz CT molecular complexity index is 391. The fourth-order valence-electron chi connectivity index (χ4n) is 1.75. The van der Waals surface area contributed by atoms with E-state index in [0.29, 0.717) is 11.8 Å². The Morgan fingerprint density at radius 1 is 1.25 bits per heavy atom. The van der Waals surface area contributed by atoms with E-state index in [1.54, 1.807) is 0 Å². The number of nitrogens with zero attached hydrogens (tertiary/aromatic N) is 2. The highest BCUT2D eigenvalue weighted by Crippen LogP contribution is 2.19. The van der Waals surface area contributed by atoms with Crippen LogP contribution >= 0.6 is 0 Å². The van der Waals surface area contributed by atoms with Gasteiger partial charge in [0, 0.05) is 12.5 Å². The second kappa shape index (κ2) is 8.90. The fourth-order valence-corrected chi connectivity index (χ4v) is 1.75. The summed E-state index contributed by atoms with van der Waals surface area (Å²) in [5.74, 6) is 2.67. The average Bonchev–Trinajstić information content (AvgIpc) is 2.39. The maximum atomic E-state index is 5.80. The molecule has 1 aromatic heterocycles. The van der Waals surface area contributed by atoms with Crippen LogP contribution in [0.15, 0.2) is 6.20 Å². The van der Waals surface area contributed by atoms with Crippen molar-refractivity contribution in [3.8, 4) is 5.75 Å². The topological polar surface area (TPSA) is 47.0 Å². The van der Waals surface area contributed by atoms with Crippen molar-refractivity contribution in [1.82, 2.24) is 15.3 Å². The molecule has 1 aromatic rings. The Morgan fingerprint density at radius 3 is 2.60 bits per heavy atom. The summed E-state index contributed by atoms with van der Waals surface area (Å²) in [4.78, 5) is 9.05. The number of hydrogen-bond donors (Lipinski definition) is 1. The SMILES string of the molecule is CCCCOc1cnc(C(C)C)nc1CNCC(C)C. The third-order valence-corrected chi connectivity index (χ3v) is 2.96. The molecule has 1 heterocycles. The van der Waals surface area contributed by atoms with E-state index >= 15 is 0 Å². The Hall–Kier alpha value is -1.16. The maximum absolute atomic E-state index is 5.80. The summed E-state index contributed by atoms with van der Waals surface area (Å²) in [5, 5.41) is 3.43. The quantitative estimate of drug-likeness (QED) is 0.703. The highest BCUT2D eigenvalue weighted by Gasteiger charge is 2.11. The summed E-state index contributed by atoms with van der Waals surface area (Å²) in [6, 6.07) is 0. The van der Waals surface area contributed by atoms with Crippen LogP contribution in [0.5, 0.6) is 5.75 Å². The van der Waals surface area contributed by atoms with Crippen molar-refractivity contribution in [2.75, 3.05) is 13.2 Å². The fraction of sp³-hybridized carbons (Fsp3) is 0.750. The van der Waals surface area contributed by atoms with Gasteiger partial charge in [0.15, 0.2) is 5.75 Å². The Morgan fingerprint density at radius 2 is 2.00 bits per heavy atom. The molecule has 114 valence electrons. The maximum Gasteiger partial charge on any atom is 0.160 e. The molecular formula is C16H29N3O. The van der Waals surface area contributed by atoms with Crippen LogP contribution in [0.25, 0.3) is 0 Å². The Labute approximate surface area is 123 Å². The van der Waals surface area contributed by atoms with Gasteiger partial charge >= 0.3 is 0 Å². The van der Waals surface area contributed by atoms with E-state index < -0.39 is 0 Å². The normalized spacial score (nSPS) is 11.3. The van der Waals surface area contributed by atoms with Gasteiger partial charge < -0.3 is 10.1 Å². The molecule has 0 aliphatic heterocycles. The number of hydrogen-bond acceptors (Lipinski definition) is 4. The van der Waals surface area contributed by atoms with Crippen LogP contribution in [0.3, 0.4) is 0 Å². The van der Waals surface area contributed by atoms with Crippen molar-refractivity contribution in [2.45, 2.75) is 59.9 Å².